The van der Waals surface area contributed by atoms with E-state index in [9.17, 15) is 19.2 Å². The standard InChI is InChI=1S/C58H54N4O10/c1-27-9-15-47-37(21-27)55-35(57(65)71-47)11-17-49(69-55)53-31(5)41-23-39-29(3)33(13-19-51(63)67-7)43(59-39)26-44-34(14-20-52(64)68-8)30(4)40(60-44)24-45-54(32(6)42(62-45)25-46(53)61-41)50-18-12-36-56(70-50)38-22-28(2)10-16-48(38)72-58(36)66/h9-10,15-16,21-26,49-50,61-62H,11-14,17-20H2,1-8H3. The molecular weight excluding hydrogens is 913 g/mol. The fourth-order valence-corrected chi connectivity index (χ4v) is 11.0. The number of aromatic amines is 2. The molecule has 11 rings (SSSR count). The lowest BCUT2D eigenvalue weighted by atomic mass is 9.94. The highest BCUT2D eigenvalue weighted by Crippen LogP contribution is 2.45. The molecule has 2 unspecified atom stereocenters. The van der Waals surface area contributed by atoms with Crippen LogP contribution in [0.25, 0.3) is 66.3 Å². The van der Waals surface area contributed by atoms with Crippen LogP contribution in [0, 0.1) is 27.7 Å². The van der Waals surface area contributed by atoms with Gasteiger partial charge in [0.1, 0.15) is 34.9 Å². The number of aryl methyl sites for hydroxylation is 4. The highest BCUT2D eigenvalue weighted by molar-refractivity contribution is 5.97. The Morgan fingerprint density at radius 2 is 1.00 bits per heavy atom. The van der Waals surface area contributed by atoms with Gasteiger partial charge in [-0.3, -0.25) is 9.59 Å². The molecule has 4 aliphatic heterocycles. The smallest absolute Gasteiger partial charge is 0.343 e. The number of esters is 2. The Labute approximate surface area is 413 Å². The molecule has 8 bridgehead atoms. The minimum absolute atomic E-state index is 0.143. The van der Waals surface area contributed by atoms with Crippen LogP contribution in [-0.2, 0) is 31.9 Å². The van der Waals surface area contributed by atoms with Crippen LogP contribution in [0.1, 0.15) is 132 Å². The van der Waals surface area contributed by atoms with E-state index in [1.807, 2.05) is 82.3 Å². The molecule has 0 saturated carbocycles. The summed E-state index contributed by atoms with van der Waals surface area (Å²) in [6.45, 7) is 12.2. The summed E-state index contributed by atoms with van der Waals surface area (Å²) in [4.78, 5) is 70.2. The minimum atomic E-state index is -0.475. The number of H-pyrrole nitrogens is 2. The number of methoxy groups -OCH3 is 2. The number of hydrogen-bond donors (Lipinski definition) is 2. The second kappa shape index (κ2) is 18.0. The van der Waals surface area contributed by atoms with Gasteiger partial charge in [-0.1, -0.05) is 23.3 Å². The SMILES string of the molecule is COC(=O)CCC1=C(C)c2cc3[nH]c(cc4[nH]c(cc5nc(cc1n2)C(CCC(=O)OC)=C5C)c(C1CCc2c(c5cc(C)ccc5oc2=O)O1)c4C)c(C1CCc2c(c4cc(C)ccc4oc2=O)O1)c3C. The van der Waals surface area contributed by atoms with Crippen molar-refractivity contribution in [3.05, 3.63) is 149 Å². The van der Waals surface area contributed by atoms with Gasteiger partial charge in [-0.25, -0.2) is 19.6 Å². The maximum Gasteiger partial charge on any atom is 0.343 e. The zero-order valence-electron chi connectivity index (χ0n) is 41.6. The molecule has 14 nitrogen and oxygen atoms in total. The molecule has 0 aliphatic carbocycles. The van der Waals surface area contributed by atoms with Crippen molar-refractivity contribution in [1.29, 1.82) is 0 Å². The van der Waals surface area contributed by atoms with E-state index in [2.05, 4.69) is 29.9 Å². The van der Waals surface area contributed by atoms with Crippen LogP contribution in [0.4, 0.5) is 0 Å². The molecule has 7 aromatic rings. The van der Waals surface area contributed by atoms with Crippen LogP contribution in [0.3, 0.4) is 0 Å². The number of nitrogens with one attached hydrogen (secondary N) is 2. The third-order valence-electron chi connectivity index (χ3n) is 14.9. The monoisotopic (exact) mass is 966 g/mol. The van der Waals surface area contributed by atoms with Gasteiger partial charge in [0.25, 0.3) is 0 Å². The van der Waals surface area contributed by atoms with Crippen molar-refractivity contribution >= 4 is 78.2 Å². The van der Waals surface area contributed by atoms with E-state index in [0.29, 0.717) is 95.1 Å². The predicted molar refractivity (Wildman–Crippen MR) is 276 cm³/mol. The Kier molecular flexibility index (Phi) is 11.6. The number of carbonyl (C=O) groups excluding carboxylic acids is 2. The lowest BCUT2D eigenvalue weighted by molar-refractivity contribution is -0.141. The van der Waals surface area contributed by atoms with Crippen molar-refractivity contribution in [3.8, 4) is 11.5 Å². The number of fused-ring (bicyclic) bond motifs is 14. The van der Waals surface area contributed by atoms with Gasteiger partial charge in [-0.2, -0.15) is 0 Å². The molecule has 2 atom stereocenters. The summed E-state index contributed by atoms with van der Waals surface area (Å²) in [6.07, 6.45) is 2.03. The highest BCUT2D eigenvalue weighted by atomic mass is 16.5. The Morgan fingerprint density at radius 1 is 0.569 bits per heavy atom. The van der Waals surface area contributed by atoms with E-state index in [1.54, 1.807) is 0 Å². The number of rotatable bonds is 8. The number of aromatic nitrogens is 4. The lowest BCUT2D eigenvalue weighted by Crippen LogP contribution is -2.21. The Bertz CT molecular complexity index is 3860. The maximum atomic E-state index is 13.4. The molecule has 9 heterocycles. The van der Waals surface area contributed by atoms with E-state index in [0.717, 1.165) is 88.5 Å². The molecule has 14 heteroatoms. The zero-order chi connectivity index (χ0) is 50.3. The summed E-state index contributed by atoms with van der Waals surface area (Å²) >= 11 is 0. The van der Waals surface area contributed by atoms with Crippen LogP contribution in [0.15, 0.2) is 79.1 Å². The largest absolute Gasteiger partial charge is 0.484 e. The molecule has 2 N–H and O–H groups in total. The van der Waals surface area contributed by atoms with Crippen LogP contribution in [0.2, 0.25) is 0 Å². The second-order valence-corrected chi connectivity index (χ2v) is 19.4. The molecule has 366 valence electrons. The van der Waals surface area contributed by atoms with Gasteiger partial charge >= 0.3 is 23.2 Å². The Hall–Kier alpha value is -8.00. The molecule has 0 saturated heterocycles. The van der Waals surface area contributed by atoms with Crippen molar-refractivity contribution in [3.63, 3.8) is 0 Å². The number of nitrogens with zero attached hydrogens (tertiary/aromatic N) is 2. The second-order valence-electron chi connectivity index (χ2n) is 19.4. The maximum absolute atomic E-state index is 13.4. The molecular formula is C58H54N4O10. The first-order chi connectivity index (χ1) is 34.7. The normalized spacial score (nSPS) is 16.4. The van der Waals surface area contributed by atoms with Crippen LogP contribution in [0.5, 0.6) is 11.5 Å². The van der Waals surface area contributed by atoms with Crippen molar-refractivity contribution in [2.75, 3.05) is 14.2 Å². The van der Waals surface area contributed by atoms with Gasteiger partial charge in [0.05, 0.1) is 58.9 Å². The summed E-state index contributed by atoms with van der Waals surface area (Å²) in [7, 11) is 2.76. The molecule has 4 aliphatic rings. The molecule has 5 aromatic heterocycles. The van der Waals surface area contributed by atoms with Gasteiger partial charge in [-0.05, 0) is 162 Å². The first-order valence-electron chi connectivity index (χ1n) is 24.4. The first kappa shape index (κ1) is 46.4. The zero-order valence-corrected chi connectivity index (χ0v) is 41.6. The molecule has 0 amide bonds. The van der Waals surface area contributed by atoms with Crippen molar-refractivity contribution in [2.24, 2.45) is 0 Å². The Balaban J connectivity index is 1.18. The number of benzene rings is 2. The minimum Gasteiger partial charge on any atom is -0.484 e. The topological polar surface area (TPSA) is 189 Å². The van der Waals surface area contributed by atoms with E-state index >= 15 is 0 Å². The van der Waals surface area contributed by atoms with Crippen LogP contribution < -0.4 is 20.7 Å². The number of hydrogen-bond acceptors (Lipinski definition) is 12. The van der Waals surface area contributed by atoms with Gasteiger partial charge in [0, 0.05) is 46.0 Å². The molecule has 72 heavy (non-hydrogen) atoms. The van der Waals surface area contributed by atoms with Gasteiger partial charge < -0.3 is 37.7 Å². The van der Waals surface area contributed by atoms with E-state index in [1.165, 1.54) is 14.2 Å². The molecule has 2 aromatic carbocycles. The summed E-state index contributed by atoms with van der Waals surface area (Å²) in [5.74, 6) is 0.380. The average molecular weight is 967 g/mol. The third-order valence-corrected chi connectivity index (χ3v) is 14.9. The fraction of sp³-hybridized carbons (Fsp3) is 0.310. The van der Waals surface area contributed by atoms with E-state index in [-0.39, 0.29) is 24.8 Å². The summed E-state index contributed by atoms with van der Waals surface area (Å²) < 4.78 is 35.7. The average Bonchev–Trinajstić information content (AvgIpc) is 4.04. The predicted octanol–water partition coefficient (Wildman–Crippen LogP) is 11.7. The van der Waals surface area contributed by atoms with E-state index < -0.39 is 23.5 Å². The van der Waals surface area contributed by atoms with E-state index in [4.69, 9.17) is 37.7 Å². The van der Waals surface area contributed by atoms with Gasteiger partial charge in [0.2, 0.25) is 0 Å². The molecule has 0 spiro atoms. The van der Waals surface area contributed by atoms with Crippen molar-refractivity contribution < 1.29 is 37.4 Å². The van der Waals surface area contributed by atoms with Crippen LogP contribution >= 0.6 is 0 Å². The summed E-state index contributed by atoms with van der Waals surface area (Å²) in [6, 6.07) is 19.6. The summed E-state index contributed by atoms with van der Waals surface area (Å²) in [5.41, 5.74) is 16.3. The molecule has 0 radical (unpaired) electrons. The number of allylic oxidation sites excluding steroid dienone is 4. The quantitative estimate of drug-likeness (QED) is 0.108. The number of ether oxygens (including phenoxy) is 4. The van der Waals surface area contributed by atoms with Gasteiger partial charge in [0.15, 0.2) is 0 Å². The lowest BCUT2D eigenvalue weighted by Gasteiger charge is -2.27. The fourth-order valence-electron chi connectivity index (χ4n) is 11.0. The van der Waals surface area contributed by atoms with Gasteiger partial charge in [-0.15, -0.1) is 0 Å². The van der Waals surface area contributed by atoms with Crippen molar-refractivity contribution in [2.45, 2.75) is 105 Å². The third kappa shape index (κ3) is 7.98. The Morgan fingerprint density at radius 3 is 1.46 bits per heavy atom. The van der Waals surface area contributed by atoms with Crippen LogP contribution in [-0.4, -0.2) is 46.1 Å². The summed E-state index contributed by atoms with van der Waals surface area (Å²) in [5, 5.41) is 1.49. The first-order valence-corrected chi connectivity index (χ1v) is 24.4. The highest BCUT2D eigenvalue weighted by Gasteiger charge is 2.33. The number of carbonyl (C=O) groups is 2. The van der Waals surface area contributed by atoms with Crippen molar-refractivity contribution in [1.82, 2.24) is 19.9 Å². The molecule has 0 fully saturated rings.